The van der Waals surface area contributed by atoms with E-state index in [1.165, 1.54) is 23.5 Å². The second-order valence-corrected chi connectivity index (χ2v) is 8.41. The Balaban J connectivity index is 1.74. The van der Waals surface area contributed by atoms with Crippen molar-refractivity contribution in [2.75, 3.05) is 5.73 Å². The molecule has 1 aromatic carbocycles. The molecule has 10 heteroatoms. The van der Waals surface area contributed by atoms with Gasteiger partial charge >= 0.3 is 5.76 Å². The number of rotatable bonds is 6. The number of aromatic nitrogens is 2. The van der Waals surface area contributed by atoms with Gasteiger partial charge in [0.15, 0.2) is 0 Å². The van der Waals surface area contributed by atoms with E-state index in [1.54, 1.807) is 12.1 Å². The third-order valence-corrected chi connectivity index (χ3v) is 6.43. The summed E-state index contributed by atoms with van der Waals surface area (Å²) in [5.74, 6) is -2.91. The van der Waals surface area contributed by atoms with Crippen LogP contribution in [0.4, 0.5) is 14.5 Å². The molecule has 3 rings (SSSR count). The van der Waals surface area contributed by atoms with Crippen molar-refractivity contribution < 1.29 is 18.1 Å². The summed E-state index contributed by atoms with van der Waals surface area (Å²) < 4.78 is 36.3. The minimum Gasteiger partial charge on any atom is -0.397 e. The van der Waals surface area contributed by atoms with Crippen molar-refractivity contribution in [3.63, 3.8) is 0 Å². The summed E-state index contributed by atoms with van der Waals surface area (Å²) in [4.78, 5) is 1.26. The van der Waals surface area contributed by atoms with E-state index in [9.17, 15) is 18.1 Å². The lowest BCUT2D eigenvalue weighted by Crippen LogP contribution is -2.20. The fraction of sp³-hybridized carbons (Fsp3) is 0.294. The number of halogens is 2. The van der Waals surface area contributed by atoms with E-state index in [-0.39, 0.29) is 11.4 Å². The molecule has 3 aromatic rings. The van der Waals surface area contributed by atoms with Crippen molar-refractivity contribution in [1.29, 1.82) is 0 Å². The molecule has 4 N–H and O–H groups in total. The van der Waals surface area contributed by atoms with Gasteiger partial charge in [-0.15, -0.1) is 16.4 Å². The molecule has 0 aliphatic carbocycles. The predicted molar refractivity (Wildman–Crippen MR) is 102 cm³/mol. The number of hydrogen-bond donors (Lipinski definition) is 3. The maximum absolute atomic E-state index is 12.5. The SMILES string of the molecule is Cc1nnc2sc(C(O)NCc3ccc(S(=O)C(F)F)cc3)c(N)c2c1C. The lowest BCUT2D eigenvalue weighted by Gasteiger charge is -2.12. The number of benzene rings is 1. The van der Waals surface area contributed by atoms with Crippen LogP contribution in [0, 0.1) is 13.8 Å². The fourth-order valence-corrected chi connectivity index (χ4v) is 4.28. The largest absolute Gasteiger partial charge is 0.397 e. The number of nitrogen functional groups attached to an aromatic ring is 1. The maximum atomic E-state index is 12.5. The number of anilines is 1. The number of nitrogens with one attached hydrogen (secondary N) is 1. The predicted octanol–water partition coefficient (Wildman–Crippen LogP) is 3.00. The third-order valence-electron chi connectivity index (χ3n) is 4.23. The number of fused-ring (bicyclic) bond motifs is 1. The van der Waals surface area contributed by atoms with Crippen molar-refractivity contribution in [2.45, 2.75) is 37.3 Å². The molecule has 0 bridgehead atoms. The zero-order valence-corrected chi connectivity index (χ0v) is 16.2. The summed E-state index contributed by atoms with van der Waals surface area (Å²) in [6.07, 6.45) is -1.02. The lowest BCUT2D eigenvalue weighted by molar-refractivity contribution is 0.141. The van der Waals surface area contributed by atoms with Crippen LogP contribution in [0.25, 0.3) is 10.2 Å². The Morgan fingerprint density at radius 1 is 1.26 bits per heavy atom. The highest BCUT2D eigenvalue weighted by Crippen LogP contribution is 2.37. The first-order chi connectivity index (χ1) is 12.8. The van der Waals surface area contributed by atoms with Crippen LogP contribution >= 0.6 is 11.3 Å². The molecule has 144 valence electrons. The zero-order valence-electron chi connectivity index (χ0n) is 14.6. The second kappa shape index (κ2) is 7.93. The van der Waals surface area contributed by atoms with E-state index in [0.717, 1.165) is 22.2 Å². The van der Waals surface area contributed by atoms with Crippen molar-refractivity contribution in [3.8, 4) is 0 Å². The Bertz CT molecular complexity index is 993. The van der Waals surface area contributed by atoms with Gasteiger partial charge in [0.1, 0.15) is 21.9 Å². The molecule has 2 atom stereocenters. The van der Waals surface area contributed by atoms with Crippen LogP contribution in [0.2, 0.25) is 0 Å². The number of hydrogen-bond acceptors (Lipinski definition) is 7. The maximum Gasteiger partial charge on any atom is 0.316 e. The van der Waals surface area contributed by atoms with Crippen molar-refractivity contribution in [1.82, 2.24) is 15.5 Å². The smallest absolute Gasteiger partial charge is 0.316 e. The van der Waals surface area contributed by atoms with Crippen molar-refractivity contribution in [2.24, 2.45) is 0 Å². The highest BCUT2D eigenvalue weighted by Gasteiger charge is 2.20. The summed E-state index contributed by atoms with van der Waals surface area (Å²) in [5.41, 5.74) is 9.12. The van der Waals surface area contributed by atoms with Gasteiger partial charge in [-0.2, -0.15) is 13.9 Å². The normalized spacial score (nSPS) is 14.0. The van der Waals surface area contributed by atoms with Gasteiger partial charge in [0.05, 0.1) is 16.3 Å². The number of nitrogens with two attached hydrogens (primary N) is 1. The van der Waals surface area contributed by atoms with Gasteiger partial charge in [0, 0.05) is 16.8 Å². The van der Waals surface area contributed by atoms with Crippen LogP contribution in [0.1, 0.15) is 27.9 Å². The number of nitrogens with zero attached hydrogens (tertiary/aromatic N) is 2. The Morgan fingerprint density at radius 2 is 1.93 bits per heavy atom. The monoisotopic (exact) mass is 412 g/mol. The van der Waals surface area contributed by atoms with Crippen molar-refractivity contribution in [3.05, 3.63) is 46.0 Å². The van der Waals surface area contributed by atoms with Crippen LogP contribution in [0.3, 0.4) is 0 Å². The van der Waals surface area contributed by atoms with Gasteiger partial charge in [-0.3, -0.25) is 5.32 Å². The minimum atomic E-state index is -2.91. The number of alkyl halides is 2. The minimum absolute atomic E-state index is 0.0625. The average molecular weight is 412 g/mol. The molecule has 2 unspecified atom stereocenters. The fourth-order valence-electron chi connectivity index (χ4n) is 2.61. The number of aliphatic hydroxyl groups excluding tert-OH is 1. The molecule has 0 fully saturated rings. The third kappa shape index (κ3) is 3.98. The van der Waals surface area contributed by atoms with Crippen LogP contribution < -0.4 is 11.1 Å². The van der Waals surface area contributed by atoms with E-state index in [1.807, 2.05) is 13.8 Å². The Labute approximate surface area is 160 Å². The van der Waals surface area contributed by atoms with E-state index < -0.39 is 22.8 Å². The van der Waals surface area contributed by atoms with E-state index in [2.05, 4.69) is 15.5 Å². The first-order valence-electron chi connectivity index (χ1n) is 8.00. The summed E-state index contributed by atoms with van der Waals surface area (Å²) in [7, 11) is -2.33. The molecule has 0 saturated heterocycles. The van der Waals surface area contributed by atoms with Gasteiger partial charge in [0.25, 0.3) is 0 Å². The molecule has 0 aliphatic rings. The van der Waals surface area contributed by atoms with Crippen LogP contribution in [-0.2, 0) is 17.3 Å². The Morgan fingerprint density at radius 3 is 2.56 bits per heavy atom. The number of thiophene rings is 1. The molecule has 0 radical (unpaired) electrons. The zero-order chi connectivity index (χ0) is 19.7. The van der Waals surface area contributed by atoms with Crippen LogP contribution in [0.15, 0.2) is 29.2 Å². The molecule has 0 aliphatic heterocycles. The summed E-state index contributed by atoms with van der Waals surface area (Å²) in [6, 6.07) is 5.95. The van der Waals surface area contributed by atoms with Crippen LogP contribution in [0.5, 0.6) is 0 Å². The lowest BCUT2D eigenvalue weighted by atomic mass is 10.1. The van der Waals surface area contributed by atoms with Crippen LogP contribution in [-0.4, -0.2) is 25.3 Å². The number of aryl methyl sites for hydroxylation is 2. The first kappa shape index (κ1) is 19.7. The number of aliphatic hydroxyl groups is 1. The van der Waals surface area contributed by atoms with Gasteiger partial charge in [0.2, 0.25) is 0 Å². The topological polar surface area (TPSA) is 101 Å². The first-order valence-corrected chi connectivity index (χ1v) is 10.0. The quantitative estimate of drug-likeness (QED) is 0.538. The average Bonchev–Trinajstić information content (AvgIpc) is 3.00. The van der Waals surface area contributed by atoms with Crippen molar-refractivity contribution >= 4 is 38.0 Å². The summed E-state index contributed by atoms with van der Waals surface area (Å²) >= 11 is 1.26. The van der Waals surface area contributed by atoms with E-state index in [4.69, 9.17) is 5.73 Å². The van der Waals surface area contributed by atoms with Gasteiger partial charge in [-0.25, -0.2) is 4.21 Å². The van der Waals surface area contributed by atoms with Gasteiger partial charge in [-0.05, 0) is 37.1 Å². The molecule has 2 heterocycles. The van der Waals surface area contributed by atoms with Gasteiger partial charge < -0.3 is 10.8 Å². The molecule has 0 saturated carbocycles. The van der Waals surface area contributed by atoms with Gasteiger partial charge in [-0.1, -0.05) is 12.1 Å². The summed E-state index contributed by atoms with van der Waals surface area (Å²) in [5, 5.41) is 22.4. The molecule has 6 nitrogen and oxygen atoms in total. The highest BCUT2D eigenvalue weighted by molar-refractivity contribution is 7.85. The molecule has 2 aromatic heterocycles. The highest BCUT2D eigenvalue weighted by atomic mass is 32.2. The Hall–Kier alpha value is -2.01. The molecular weight excluding hydrogens is 394 g/mol. The van der Waals surface area contributed by atoms with E-state index >= 15 is 0 Å². The molecular formula is C17H18F2N4O2S2. The summed E-state index contributed by atoms with van der Waals surface area (Å²) in [6.45, 7) is 4.03. The standard InChI is InChI=1S/C17H18F2N4O2S2/c1-8-9(2)22-23-16-12(8)13(20)14(26-16)15(24)21-7-10-3-5-11(6-4-10)27(25)17(18)19/h3-6,15,17,21,24H,7,20H2,1-2H3. The molecule has 0 spiro atoms. The molecule has 27 heavy (non-hydrogen) atoms. The Kier molecular flexibility index (Phi) is 5.80. The second-order valence-electron chi connectivity index (χ2n) is 5.96. The van der Waals surface area contributed by atoms with E-state index in [0.29, 0.717) is 15.4 Å². The molecule has 0 amide bonds.